The Balaban J connectivity index is 2.35. The Kier molecular flexibility index (Phi) is 3.48. The highest BCUT2D eigenvalue weighted by Gasteiger charge is 2.16. The second kappa shape index (κ2) is 4.42. The second-order valence-corrected chi connectivity index (χ2v) is 3.81. The van der Waals surface area contributed by atoms with Crippen molar-refractivity contribution in [2.24, 2.45) is 5.73 Å². The van der Waals surface area contributed by atoms with E-state index in [1.54, 1.807) is 0 Å². The van der Waals surface area contributed by atoms with E-state index in [1.165, 1.54) is 5.57 Å². The van der Waals surface area contributed by atoms with Crippen LogP contribution in [0.1, 0.15) is 33.1 Å². The summed E-state index contributed by atoms with van der Waals surface area (Å²) in [6, 6.07) is 0.211. The molecule has 3 nitrogen and oxygen atoms in total. The summed E-state index contributed by atoms with van der Waals surface area (Å²) >= 11 is 0. The van der Waals surface area contributed by atoms with Crippen LogP contribution in [0.3, 0.4) is 0 Å². The molecule has 0 aromatic rings. The lowest BCUT2D eigenvalue weighted by molar-refractivity contribution is -0.119. The maximum atomic E-state index is 10.8. The van der Waals surface area contributed by atoms with Crippen LogP contribution in [0, 0.1) is 0 Å². The molecule has 0 heterocycles. The minimum Gasteiger partial charge on any atom is -0.368 e. The molecule has 0 saturated heterocycles. The van der Waals surface area contributed by atoms with Crippen molar-refractivity contribution < 1.29 is 4.79 Å². The van der Waals surface area contributed by atoms with Gasteiger partial charge in [0.05, 0.1) is 6.04 Å². The smallest absolute Gasteiger partial charge is 0.234 e. The van der Waals surface area contributed by atoms with Gasteiger partial charge >= 0.3 is 0 Å². The Morgan fingerprint density at radius 1 is 1.77 bits per heavy atom. The topological polar surface area (TPSA) is 55.1 Å². The van der Waals surface area contributed by atoms with E-state index >= 15 is 0 Å². The van der Waals surface area contributed by atoms with Crippen molar-refractivity contribution in [3.8, 4) is 0 Å². The molecule has 0 saturated carbocycles. The van der Waals surface area contributed by atoms with Gasteiger partial charge in [0.2, 0.25) is 5.91 Å². The number of amides is 1. The molecule has 3 heteroatoms. The number of rotatable bonds is 3. The number of carbonyl (C=O) groups is 1. The monoisotopic (exact) mass is 182 g/mol. The van der Waals surface area contributed by atoms with Crippen LogP contribution >= 0.6 is 0 Å². The summed E-state index contributed by atoms with van der Waals surface area (Å²) in [5.41, 5.74) is 6.61. The number of hydrogen-bond acceptors (Lipinski definition) is 2. The molecule has 3 N–H and O–H groups in total. The Morgan fingerprint density at radius 3 is 2.92 bits per heavy atom. The number of primary amides is 1. The molecule has 1 amide bonds. The van der Waals surface area contributed by atoms with E-state index in [2.05, 4.69) is 18.3 Å². The van der Waals surface area contributed by atoms with Crippen molar-refractivity contribution in [3.63, 3.8) is 0 Å². The Morgan fingerprint density at radius 2 is 2.46 bits per heavy atom. The number of hydrogen-bond donors (Lipinski definition) is 2. The van der Waals surface area contributed by atoms with Crippen molar-refractivity contribution in [3.05, 3.63) is 11.6 Å². The number of nitrogens with two attached hydrogens (primary N) is 1. The molecular weight excluding hydrogens is 164 g/mol. The summed E-state index contributed by atoms with van der Waals surface area (Å²) in [7, 11) is 0. The maximum Gasteiger partial charge on any atom is 0.234 e. The van der Waals surface area contributed by atoms with Gasteiger partial charge in [0.15, 0.2) is 0 Å². The third-order valence-electron chi connectivity index (χ3n) is 2.55. The molecule has 0 aliphatic heterocycles. The largest absolute Gasteiger partial charge is 0.368 e. The molecule has 1 aliphatic rings. The summed E-state index contributed by atoms with van der Waals surface area (Å²) in [4.78, 5) is 10.8. The fraction of sp³-hybridized carbons (Fsp3) is 0.700. The van der Waals surface area contributed by atoms with Crippen molar-refractivity contribution in [2.45, 2.75) is 45.2 Å². The van der Waals surface area contributed by atoms with Gasteiger partial charge in [-0.2, -0.15) is 0 Å². The van der Waals surface area contributed by atoms with Gasteiger partial charge < -0.3 is 11.1 Å². The highest BCUT2D eigenvalue weighted by atomic mass is 16.1. The Labute approximate surface area is 79.4 Å². The third-order valence-corrected chi connectivity index (χ3v) is 2.55. The summed E-state index contributed by atoms with van der Waals surface area (Å²) in [6.45, 7) is 3.96. The van der Waals surface area contributed by atoms with Crippen LogP contribution in [0.4, 0.5) is 0 Å². The zero-order valence-corrected chi connectivity index (χ0v) is 8.34. The molecule has 0 spiro atoms. The first-order chi connectivity index (χ1) is 6.09. The van der Waals surface area contributed by atoms with E-state index in [4.69, 9.17) is 5.73 Å². The Hall–Kier alpha value is -0.830. The zero-order valence-electron chi connectivity index (χ0n) is 8.34. The van der Waals surface area contributed by atoms with Crippen molar-refractivity contribution >= 4 is 5.91 Å². The van der Waals surface area contributed by atoms with Crippen molar-refractivity contribution in [1.29, 1.82) is 0 Å². The van der Waals surface area contributed by atoms with E-state index < -0.39 is 0 Å². The van der Waals surface area contributed by atoms with Gasteiger partial charge in [-0.3, -0.25) is 4.79 Å². The number of carbonyl (C=O) groups excluding carboxylic acids is 1. The average molecular weight is 182 g/mol. The summed E-state index contributed by atoms with van der Waals surface area (Å²) < 4.78 is 0. The molecule has 2 unspecified atom stereocenters. The van der Waals surface area contributed by atoms with Gasteiger partial charge in [-0.25, -0.2) is 0 Å². The van der Waals surface area contributed by atoms with Gasteiger partial charge in [-0.1, -0.05) is 11.6 Å². The van der Waals surface area contributed by atoms with E-state index in [9.17, 15) is 4.79 Å². The van der Waals surface area contributed by atoms with E-state index in [-0.39, 0.29) is 11.9 Å². The van der Waals surface area contributed by atoms with E-state index in [1.807, 2.05) is 6.92 Å². The molecule has 1 aliphatic carbocycles. The molecule has 74 valence electrons. The average Bonchev–Trinajstić information content (AvgIpc) is 2.08. The minimum atomic E-state index is -0.272. The highest BCUT2D eigenvalue weighted by Crippen LogP contribution is 2.17. The molecule has 1 rings (SSSR count). The van der Waals surface area contributed by atoms with Gasteiger partial charge in [0, 0.05) is 6.04 Å². The van der Waals surface area contributed by atoms with Crippen LogP contribution in [0.15, 0.2) is 11.6 Å². The lowest BCUT2D eigenvalue weighted by atomic mass is 9.96. The summed E-state index contributed by atoms with van der Waals surface area (Å²) in [5.74, 6) is -0.272. The highest BCUT2D eigenvalue weighted by molar-refractivity contribution is 5.79. The van der Waals surface area contributed by atoms with Crippen LogP contribution in [-0.4, -0.2) is 18.0 Å². The number of nitrogens with one attached hydrogen (secondary N) is 1. The quantitative estimate of drug-likeness (QED) is 0.638. The van der Waals surface area contributed by atoms with Gasteiger partial charge in [-0.05, 0) is 33.1 Å². The van der Waals surface area contributed by atoms with Crippen molar-refractivity contribution in [1.82, 2.24) is 5.32 Å². The minimum absolute atomic E-state index is 0.211. The summed E-state index contributed by atoms with van der Waals surface area (Å²) in [5, 5.41) is 3.22. The van der Waals surface area contributed by atoms with Crippen LogP contribution in [0.25, 0.3) is 0 Å². The molecule has 0 aromatic carbocycles. The lowest BCUT2D eigenvalue weighted by Gasteiger charge is -2.24. The van der Waals surface area contributed by atoms with E-state index in [0.717, 1.165) is 19.3 Å². The predicted molar refractivity (Wildman–Crippen MR) is 53.2 cm³/mol. The molecule has 0 aromatic heterocycles. The molecular formula is C10H18N2O. The Bertz CT molecular complexity index is 223. The SMILES string of the molecule is CC1=CCC(NC(C)C(N)=O)CC1. The first-order valence-corrected chi connectivity index (χ1v) is 4.80. The molecule has 2 atom stereocenters. The van der Waals surface area contributed by atoms with Gasteiger partial charge in [-0.15, -0.1) is 0 Å². The zero-order chi connectivity index (χ0) is 9.84. The van der Waals surface area contributed by atoms with Crippen molar-refractivity contribution in [2.75, 3.05) is 0 Å². The van der Waals surface area contributed by atoms with Crippen LogP contribution < -0.4 is 11.1 Å². The predicted octanol–water partition coefficient (Wildman–Crippen LogP) is 0.949. The third kappa shape index (κ3) is 3.19. The maximum absolute atomic E-state index is 10.8. The van der Waals surface area contributed by atoms with Gasteiger partial charge in [0.25, 0.3) is 0 Å². The van der Waals surface area contributed by atoms with Crippen LogP contribution in [0.5, 0.6) is 0 Å². The first kappa shape index (κ1) is 10.3. The second-order valence-electron chi connectivity index (χ2n) is 3.81. The molecule has 0 fully saturated rings. The van der Waals surface area contributed by atoms with E-state index in [0.29, 0.717) is 6.04 Å². The fourth-order valence-corrected chi connectivity index (χ4v) is 1.55. The standard InChI is InChI=1S/C10H18N2O/c1-7-3-5-9(6-4-7)12-8(2)10(11)13/h3,8-9,12H,4-6H2,1-2H3,(H2,11,13). The summed E-state index contributed by atoms with van der Waals surface area (Å²) in [6.07, 6.45) is 5.49. The lowest BCUT2D eigenvalue weighted by Crippen LogP contribution is -2.44. The van der Waals surface area contributed by atoms with Crippen LogP contribution in [0.2, 0.25) is 0 Å². The molecule has 0 radical (unpaired) electrons. The van der Waals surface area contributed by atoms with Crippen LogP contribution in [-0.2, 0) is 4.79 Å². The molecule has 0 bridgehead atoms. The number of allylic oxidation sites excluding steroid dienone is 1. The molecule has 13 heavy (non-hydrogen) atoms. The van der Waals surface area contributed by atoms with Gasteiger partial charge in [0.1, 0.15) is 0 Å². The fourth-order valence-electron chi connectivity index (χ4n) is 1.55. The normalized spacial score (nSPS) is 25.1. The first-order valence-electron chi connectivity index (χ1n) is 4.80.